The molecular weight excluding hydrogens is 627 g/mol. The summed E-state index contributed by atoms with van der Waals surface area (Å²) in [5.74, 6) is -1.46. The van der Waals surface area contributed by atoms with Crippen molar-refractivity contribution in [1.82, 2.24) is 21.0 Å². The molecule has 254 valence electrons. The minimum atomic E-state index is -3.15. The molecule has 0 aliphatic rings. The number of aryl methyl sites for hydroxylation is 1. The van der Waals surface area contributed by atoms with E-state index in [1.54, 1.807) is 31.2 Å². The molecule has 4 amide bonds. The number of nitrogens with one attached hydrogen (secondary N) is 3. The van der Waals surface area contributed by atoms with Gasteiger partial charge in [0.25, 0.3) is 11.8 Å². The summed E-state index contributed by atoms with van der Waals surface area (Å²) < 4.78 is 20.9. The molecule has 2 aromatic carbocycles. The third kappa shape index (κ3) is 11.5. The van der Waals surface area contributed by atoms with Gasteiger partial charge in [0.2, 0.25) is 12.3 Å². The number of benzene rings is 2. The van der Waals surface area contributed by atoms with Gasteiger partial charge in [0, 0.05) is 11.1 Å². The van der Waals surface area contributed by atoms with Gasteiger partial charge in [0.1, 0.15) is 19.1 Å². The number of furan rings is 1. The number of carbonyl (C=O) groups is 4. The van der Waals surface area contributed by atoms with Crippen LogP contribution in [-0.2, 0) is 30.1 Å². The van der Waals surface area contributed by atoms with E-state index in [0.29, 0.717) is 41.7 Å². The summed E-state index contributed by atoms with van der Waals surface area (Å²) in [5, 5.41) is 9.04. The zero-order chi connectivity index (χ0) is 34.2. The number of hydrogen-bond acceptors (Lipinski definition) is 8. The van der Waals surface area contributed by atoms with Crippen LogP contribution in [0.5, 0.6) is 0 Å². The maximum atomic E-state index is 13.4. The van der Waals surface area contributed by atoms with Gasteiger partial charge in [-0.3, -0.25) is 33.1 Å². The maximum Gasteiger partial charge on any atom is 0.318 e. The van der Waals surface area contributed by atoms with E-state index >= 15 is 0 Å². The van der Waals surface area contributed by atoms with Crippen molar-refractivity contribution in [3.05, 3.63) is 83.1 Å². The van der Waals surface area contributed by atoms with Crippen LogP contribution in [0.1, 0.15) is 78.0 Å². The minimum Gasteiger partial charge on any atom is -0.451 e. The standard InChI is InChI=1S/C33H43N4O9P/c1-4-6-8-13-27(28(5-2)37(22-38)44-19-24-11-9-7-10-12-24)32(40)34-20-35-33(41)30-17-16-29(46-30)25-14-15-26(23(3)18-25)31(39)36-21-45-47(42)43/h7,9-12,14-18,22,27-28,47H,4-6,8,13,19-21H2,1-3H3,(H,34,40)(H,35,41)(H,36,39)(H,42,43). The summed E-state index contributed by atoms with van der Waals surface area (Å²) in [7, 11) is -3.15. The second kappa shape index (κ2) is 19.4. The molecule has 47 heavy (non-hydrogen) atoms. The van der Waals surface area contributed by atoms with Gasteiger partial charge in [-0.25, -0.2) is 5.06 Å². The third-order valence-electron chi connectivity index (χ3n) is 7.52. The summed E-state index contributed by atoms with van der Waals surface area (Å²) in [6.07, 6.45) is 4.35. The van der Waals surface area contributed by atoms with Crippen LogP contribution >= 0.6 is 8.25 Å². The monoisotopic (exact) mass is 670 g/mol. The summed E-state index contributed by atoms with van der Waals surface area (Å²) in [6.45, 7) is 5.32. The lowest BCUT2D eigenvalue weighted by molar-refractivity contribution is -0.200. The van der Waals surface area contributed by atoms with Crippen molar-refractivity contribution in [2.75, 3.05) is 13.4 Å². The molecule has 0 saturated carbocycles. The second-order valence-corrected chi connectivity index (χ2v) is 11.6. The molecule has 0 fully saturated rings. The topological polar surface area (TPSA) is 177 Å². The highest BCUT2D eigenvalue weighted by Gasteiger charge is 2.32. The number of hydroxylamine groups is 2. The van der Waals surface area contributed by atoms with Crippen molar-refractivity contribution in [3.63, 3.8) is 0 Å². The Bertz CT molecular complexity index is 1500. The van der Waals surface area contributed by atoms with Crippen molar-refractivity contribution in [2.45, 2.75) is 65.5 Å². The number of rotatable bonds is 20. The Morgan fingerprint density at radius 1 is 1.00 bits per heavy atom. The molecule has 0 bridgehead atoms. The van der Waals surface area contributed by atoms with Crippen molar-refractivity contribution < 1.29 is 42.4 Å². The van der Waals surface area contributed by atoms with Crippen LogP contribution in [0.2, 0.25) is 0 Å². The molecule has 0 spiro atoms. The predicted octanol–water partition coefficient (Wildman–Crippen LogP) is 4.71. The molecule has 0 aliphatic carbocycles. The highest BCUT2D eigenvalue weighted by molar-refractivity contribution is 7.32. The zero-order valence-electron chi connectivity index (χ0n) is 26.8. The van der Waals surface area contributed by atoms with Crippen LogP contribution in [0.25, 0.3) is 11.3 Å². The number of unbranched alkanes of at least 4 members (excludes halogenated alkanes) is 2. The van der Waals surface area contributed by atoms with Crippen LogP contribution in [0.4, 0.5) is 0 Å². The third-order valence-corrected chi connectivity index (χ3v) is 7.91. The van der Waals surface area contributed by atoms with E-state index in [2.05, 4.69) is 27.4 Å². The smallest absolute Gasteiger partial charge is 0.318 e. The van der Waals surface area contributed by atoms with Gasteiger partial charge in [-0.1, -0.05) is 69.5 Å². The van der Waals surface area contributed by atoms with E-state index in [0.717, 1.165) is 24.8 Å². The number of nitrogens with zero attached hydrogens (tertiary/aromatic N) is 1. The molecule has 0 saturated heterocycles. The van der Waals surface area contributed by atoms with Crippen LogP contribution in [0.3, 0.4) is 0 Å². The Hall–Kier alpha value is -4.29. The summed E-state index contributed by atoms with van der Waals surface area (Å²) >= 11 is 0. The summed E-state index contributed by atoms with van der Waals surface area (Å²) in [6, 6.07) is 17.0. The number of amides is 4. The molecular formula is C33H43N4O9P. The van der Waals surface area contributed by atoms with E-state index in [1.807, 2.05) is 37.3 Å². The Kier molecular flexibility index (Phi) is 15.3. The second-order valence-electron chi connectivity index (χ2n) is 10.8. The van der Waals surface area contributed by atoms with Gasteiger partial charge in [-0.2, -0.15) is 0 Å². The van der Waals surface area contributed by atoms with Crippen LogP contribution in [0.15, 0.2) is 65.1 Å². The zero-order valence-corrected chi connectivity index (χ0v) is 27.8. The molecule has 0 aliphatic heterocycles. The molecule has 1 heterocycles. The molecule has 3 rings (SSSR count). The predicted molar refractivity (Wildman–Crippen MR) is 175 cm³/mol. The number of carbonyl (C=O) groups excluding carboxylic acids is 4. The van der Waals surface area contributed by atoms with Crippen molar-refractivity contribution in [2.24, 2.45) is 5.92 Å². The van der Waals surface area contributed by atoms with E-state index in [4.69, 9.17) is 14.1 Å². The average Bonchev–Trinajstić information content (AvgIpc) is 3.56. The fraction of sp³-hybridized carbons (Fsp3) is 0.394. The summed E-state index contributed by atoms with van der Waals surface area (Å²) in [5.41, 5.74) is 2.47. The first-order valence-corrected chi connectivity index (χ1v) is 16.8. The Morgan fingerprint density at radius 2 is 1.77 bits per heavy atom. The lowest BCUT2D eigenvalue weighted by atomic mass is 9.90. The van der Waals surface area contributed by atoms with Gasteiger partial charge in [-0.05, 0) is 55.2 Å². The quantitative estimate of drug-likeness (QED) is 0.0436. The van der Waals surface area contributed by atoms with E-state index in [9.17, 15) is 23.7 Å². The molecule has 3 atom stereocenters. The maximum absolute atomic E-state index is 13.4. The minimum absolute atomic E-state index is 0.0254. The first-order chi connectivity index (χ1) is 22.7. The summed E-state index contributed by atoms with van der Waals surface area (Å²) in [4.78, 5) is 65.1. The van der Waals surface area contributed by atoms with Gasteiger partial charge in [-0.15, -0.1) is 0 Å². The Labute approximate surface area is 274 Å². The van der Waals surface area contributed by atoms with Gasteiger partial charge in [0.15, 0.2) is 5.76 Å². The Balaban J connectivity index is 1.59. The molecule has 13 nitrogen and oxygen atoms in total. The van der Waals surface area contributed by atoms with E-state index in [-0.39, 0.29) is 24.9 Å². The first-order valence-electron chi connectivity index (χ1n) is 15.5. The first kappa shape index (κ1) is 37.2. The molecule has 3 unspecified atom stereocenters. The largest absolute Gasteiger partial charge is 0.451 e. The molecule has 0 radical (unpaired) electrons. The lowest BCUT2D eigenvalue weighted by Gasteiger charge is -2.32. The molecule has 14 heteroatoms. The van der Waals surface area contributed by atoms with Crippen LogP contribution < -0.4 is 16.0 Å². The Morgan fingerprint density at radius 3 is 2.43 bits per heavy atom. The lowest BCUT2D eigenvalue weighted by Crippen LogP contribution is -2.48. The van der Waals surface area contributed by atoms with Crippen molar-refractivity contribution in [3.8, 4) is 11.3 Å². The fourth-order valence-corrected chi connectivity index (χ4v) is 5.25. The highest BCUT2D eigenvalue weighted by Crippen LogP contribution is 2.25. The molecule has 4 N–H and O–H groups in total. The van der Waals surface area contributed by atoms with Crippen molar-refractivity contribution in [1.29, 1.82) is 0 Å². The van der Waals surface area contributed by atoms with Crippen LogP contribution in [-0.4, -0.2) is 53.5 Å². The van der Waals surface area contributed by atoms with Crippen LogP contribution in [0, 0.1) is 12.8 Å². The van der Waals surface area contributed by atoms with Gasteiger partial charge >= 0.3 is 8.25 Å². The van der Waals surface area contributed by atoms with Gasteiger partial charge in [0.05, 0.1) is 18.6 Å². The SMILES string of the molecule is CCCCCC(C(=O)NCNC(=O)c1ccc(-c2ccc(C(=O)NCO[PH](=O)O)c(C)c2)o1)C(CC)N(C=O)OCc1ccccc1. The van der Waals surface area contributed by atoms with E-state index in [1.165, 1.54) is 11.1 Å². The highest BCUT2D eigenvalue weighted by atomic mass is 31.1. The number of hydrogen-bond donors (Lipinski definition) is 4. The molecule has 1 aromatic heterocycles. The van der Waals surface area contributed by atoms with Gasteiger partial charge < -0.3 is 25.3 Å². The van der Waals surface area contributed by atoms with E-state index < -0.39 is 38.8 Å². The average molecular weight is 671 g/mol. The van der Waals surface area contributed by atoms with Crippen molar-refractivity contribution >= 4 is 32.4 Å². The molecule has 3 aromatic rings. The normalized spacial score (nSPS) is 12.9. The fourth-order valence-electron chi connectivity index (χ4n) is 5.06.